The first kappa shape index (κ1) is 13.8. The number of hydrogen-bond acceptors (Lipinski definition) is 3. The van der Waals surface area contributed by atoms with E-state index in [9.17, 15) is 0 Å². The van der Waals surface area contributed by atoms with Crippen molar-refractivity contribution in [2.24, 2.45) is 5.73 Å². The molecule has 3 rings (SSSR count). The van der Waals surface area contributed by atoms with E-state index in [0.29, 0.717) is 6.04 Å². The van der Waals surface area contributed by atoms with Crippen LogP contribution in [0.2, 0.25) is 0 Å². The summed E-state index contributed by atoms with van der Waals surface area (Å²) in [6.07, 6.45) is 10.8. The van der Waals surface area contributed by atoms with Gasteiger partial charge in [-0.25, -0.2) is 0 Å². The van der Waals surface area contributed by atoms with Crippen LogP contribution in [0.1, 0.15) is 58.3 Å². The molecule has 0 radical (unpaired) electrons. The van der Waals surface area contributed by atoms with Gasteiger partial charge in [-0.15, -0.1) is 0 Å². The van der Waals surface area contributed by atoms with E-state index < -0.39 is 0 Å². The summed E-state index contributed by atoms with van der Waals surface area (Å²) in [4.78, 5) is 5.49. The summed E-state index contributed by atoms with van der Waals surface area (Å²) in [7, 11) is 2.34. The van der Waals surface area contributed by atoms with E-state index in [4.69, 9.17) is 5.73 Å². The summed E-state index contributed by atoms with van der Waals surface area (Å²) >= 11 is 0. The lowest BCUT2D eigenvalue weighted by atomic mass is 9.87. The van der Waals surface area contributed by atoms with Crippen molar-refractivity contribution in [1.29, 1.82) is 0 Å². The molecule has 2 unspecified atom stereocenters. The normalized spacial score (nSPS) is 43.9. The largest absolute Gasteiger partial charge is 0.328 e. The number of piperidine rings is 1. The number of nitrogens with zero attached hydrogens (tertiary/aromatic N) is 2. The van der Waals surface area contributed by atoms with Crippen molar-refractivity contribution in [3.63, 3.8) is 0 Å². The molecular formula is C16H31N3. The highest BCUT2D eigenvalue weighted by molar-refractivity contribution is 4.98. The van der Waals surface area contributed by atoms with Crippen molar-refractivity contribution in [2.45, 2.75) is 88.5 Å². The van der Waals surface area contributed by atoms with E-state index in [1.165, 1.54) is 57.9 Å². The molecule has 2 atom stereocenters. The van der Waals surface area contributed by atoms with Gasteiger partial charge in [-0.05, 0) is 65.0 Å². The van der Waals surface area contributed by atoms with Gasteiger partial charge in [0, 0.05) is 30.2 Å². The summed E-state index contributed by atoms with van der Waals surface area (Å²) in [6.45, 7) is 3.59. The SMILES string of the molecule is CCN(C1CCC(N)CC1)C1CC2CCC(C1)N2C. The molecule has 2 bridgehead atoms. The minimum atomic E-state index is 0.476. The Balaban J connectivity index is 1.63. The Morgan fingerprint density at radius 3 is 2.05 bits per heavy atom. The number of fused-ring (bicyclic) bond motifs is 2. The maximum absolute atomic E-state index is 6.06. The van der Waals surface area contributed by atoms with Gasteiger partial charge in [-0.3, -0.25) is 4.90 Å². The van der Waals surface area contributed by atoms with E-state index in [0.717, 1.165) is 24.2 Å². The maximum atomic E-state index is 6.06. The molecule has 19 heavy (non-hydrogen) atoms. The van der Waals surface area contributed by atoms with Crippen molar-refractivity contribution in [3.05, 3.63) is 0 Å². The molecule has 1 aliphatic carbocycles. The standard InChI is InChI=1S/C16H31N3/c1-3-19(13-6-4-12(17)5-7-13)16-10-14-8-9-15(11-16)18(14)2/h12-16H,3-11,17H2,1-2H3. The molecule has 2 N–H and O–H groups in total. The molecule has 3 nitrogen and oxygen atoms in total. The Kier molecular flexibility index (Phi) is 4.16. The van der Waals surface area contributed by atoms with Crippen molar-refractivity contribution in [1.82, 2.24) is 9.80 Å². The Bertz CT molecular complexity index is 284. The summed E-state index contributed by atoms with van der Waals surface area (Å²) in [5, 5.41) is 0. The second kappa shape index (κ2) is 5.71. The second-order valence-corrected chi connectivity index (χ2v) is 7.07. The van der Waals surface area contributed by atoms with Crippen LogP contribution < -0.4 is 5.73 Å². The fourth-order valence-electron chi connectivity index (χ4n) is 4.90. The average molecular weight is 265 g/mol. The van der Waals surface area contributed by atoms with Crippen LogP contribution in [-0.2, 0) is 0 Å². The fraction of sp³-hybridized carbons (Fsp3) is 1.00. The highest BCUT2D eigenvalue weighted by Gasteiger charge is 2.41. The lowest BCUT2D eigenvalue weighted by molar-refractivity contribution is 0.0380. The minimum Gasteiger partial charge on any atom is -0.328 e. The molecule has 0 aromatic heterocycles. The van der Waals surface area contributed by atoms with Crippen LogP contribution in [0, 0.1) is 0 Å². The zero-order valence-corrected chi connectivity index (χ0v) is 12.7. The molecule has 110 valence electrons. The quantitative estimate of drug-likeness (QED) is 0.849. The van der Waals surface area contributed by atoms with Crippen LogP contribution in [0.4, 0.5) is 0 Å². The van der Waals surface area contributed by atoms with Gasteiger partial charge in [-0.1, -0.05) is 6.92 Å². The molecule has 3 aliphatic rings. The predicted octanol–water partition coefficient (Wildman–Crippen LogP) is 2.20. The molecule has 2 aliphatic heterocycles. The monoisotopic (exact) mass is 265 g/mol. The highest BCUT2D eigenvalue weighted by Crippen LogP contribution is 2.38. The van der Waals surface area contributed by atoms with Crippen LogP contribution in [-0.4, -0.2) is 53.6 Å². The zero-order valence-electron chi connectivity index (χ0n) is 12.7. The number of nitrogens with two attached hydrogens (primary N) is 1. The summed E-state index contributed by atoms with van der Waals surface area (Å²) in [5.41, 5.74) is 6.06. The first-order chi connectivity index (χ1) is 9.19. The van der Waals surface area contributed by atoms with Gasteiger partial charge in [0.25, 0.3) is 0 Å². The van der Waals surface area contributed by atoms with Crippen LogP contribution in [0.15, 0.2) is 0 Å². The first-order valence-electron chi connectivity index (χ1n) is 8.42. The molecule has 1 saturated carbocycles. The first-order valence-corrected chi connectivity index (χ1v) is 8.42. The Labute approximate surface area is 118 Å². The molecule has 0 aromatic carbocycles. The zero-order chi connectivity index (χ0) is 13.4. The summed E-state index contributed by atoms with van der Waals surface area (Å²) < 4.78 is 0. The third kappa shape index (κ3) is 2.70. The van der Waals surface area contributed by atoms with Crippen LogP contribution in [0.25, 0.3) is 0 Å². The number of rotatable bonds is 3. The Morgan fingerprint density at radius 2 is 1.53 bits per heavy atom. The van der Waals surface area contributed by atoms with E-state index in [1.54, 1.807) is 0 Å². The number of hydrogen-bond donors (Lipinski definition) is 1. The van der Waals surface area contributed by atoms with Gasteiger partial charge < -0.3 is 10.6 Å². The molecule has 0 aromatic rings. The third-order valence-corrected chi connectivity index (χ3v) is 6.12. The lowest BCUT2D eigenvalue weighted by Gasteiger charge is -2.46. The predicted molar refractivity (Wildman–Crippen MR) is 80.2 cm³/mol. The van der Waals surface area contributed by atoms with E-state index in [-0.39, 0.29) is 0 Å². The summed E-state index contributed by atoms with van der Waals surface area (Å²) in [5.74, 6) is 0. The van der Waals surface area contributed by atoms with Crippen molar-refractivity contribution in [2.75, 3.05) is 13.6 Å². The smallest absolute Gasteiger partial charge is 0.0128 e. The van der Waals surface area contributed by atoms with Crippen molar-refractivity contribution < 1.29 is 0 Å². The average Bonchev–Trinajstić information content (AvgIpc) is 2.65. The van der Waals surface area contributed by atoms with Gasteiger partial charge in [-0.2, -0.15) is 0 Å². The highest BCUT2D eigenvalue weighted by atomic mass is 15.3. The molecule has 0 amide bonds. The topological polar surface area (TPSA) is 32.5 Å². The maximum Gasteiger partial charge on any atom is 0.0128 e. The van der Waals surface area contributed by atoms with Gasteiger partial charge in [0.05, 0.1) is 0 Å². The second-order valence-electron chi connectivity index (χ2n) is 7.07. The van der Waals surface area contributed by atoms with Gasteiger partial charge in [0.15, 0.2) is 0 Å². The Hall–Kier alpha value is -0.120. The van der Waals surface area contributed by atoms with Crippen LogP contribution >= 0.6 is 0 Å². The molecule has 2 heterocycles. The van der Waals surface area contributed by atoms with Gasteiger partial charge in [0.1, 0.15) is 0 Å². The minimum absolute atomic E-state index is 0.476. The fourth-order valence-corrected chi connectivity index (χ4v) is 4.90. The van der Waals surface area contributed by atoms with Crippen molar-refractivity contribution >= 4 is 0 Å². The summed E-state index contributed by atoms with van der Waals surface area (Å²) in [6, 6.07) is 3.87. The molecule has 3 fully saturated rings. The molecular weight excluding hydrogens is 234 g/mol. The third-order valence-electron chi connectivity index (χ3n) is 6.12. The van der Waals surface area contributed by atoms with E-state index >= 15 is 0 Å². The van der Waals surface area contributed by atoms with E-state index in [2.05, 4.69) is 23.8 Å². The lowest BCUT2D eigenvalue weighted by Crippen LogP contribution is -2.53. The van der Waals surface area contributed by atoms with Crippen LogP contribution in [0.5, 0.6) is 0 Å². The molecule has 0 spiro atoms. The molecule has 3 heteroatoms. The van der Waals surface area contributed by atoms with E-state index in [1.807, 2.05) is 0 Å². The van der Waals surface area contributed by atoms with Gasteiger partial charge in [0.2, 0.25) is 0 Å². The van der Waals surface area contributed by atoms with Crippen molar-refractivity contribution in [3.8, 4) is 0 Å². The van der Waals surface area contributed by atoms with Gasteiger partial charge >= 0.3 is 0 Å². The van der Waals surface area contributed by atoms with Crippen LogP contribution in [0.3, 0.4) is 0 Å². The Morgan fingerprint density at radius 1 is 0.947 bits per heavy atom. The molecule has 2 saturated heterocycles.